The Morgan fingerprint density at radius 3 is 2.44 bits per heavy atom. The fraction of sp³-hybridized carbons (Fsp3) is 0.929. The number of likely N-dealkylation sites (tertiary alicyclic amines) is 2. The number of rotatable bonds is 3. The molecule has 4 heteroatoms. The van der Waals surface area contributed by atoms with Crippen LogP contribution in [0.2, 0.25) is 0 Å². The molecule has 0 spiro atoms. The molecule has 2 rings (SSSR count). The summed E-state index contributed by atoms with van der Waals surface area (Å²) in [4.78, 5) is 9.30. The summed E-state index contributed by atoms with van der Waals surface area (Å²) in [5.41, 5.74) is 6.07. The van der Waals surface area contributed by atoms with Crippen LogP contribution in [-0.2, 0) is 0 Å². The van der Waals surface area contributed by atoms with Crippen LogP contribution in [-0.4, -0.2) is 55.0 Å². The van der Waals surface area contributed by atoms with Crippen LogP contribution in [0.25, 0.3) is 0 Å². The maximum absolute atomic E-state index is 6.07. The molecule has 2 saturated heterocycles. The minimum absolute atomic E-state index is 0.763. The Labute approximate surface area is 111 Å². The van der Waals surface area contributed by atoms with Crippen LogP contribution in [0.5, 0.6) is 0 Å². The topological polar surface area (TPSA) is 44.9 Å². The first-order valence-corrected chi connectivity index (χ1v) is 7.53. The Balaban J connectivity index is 1.68. The Morgan fingerprint density at radius 1 is 1.11 bits per heavy atom. The molecule has 2 fully saturated rings. The minimum Gasteiger partial charge on any atom is -0.370 e. The summed E-state index contributed by atoms with van der Waals surface area (Å²) in [6.07, 6.45) is 6.60. The molecule has 0 aliphatic carbocycles. The molecule has 0 bridgehead atoms. The summed E-state index contributed by atoms with van der Waals surface area (Å²) in [6, 6.07) is 0. The van der Waals surface area contributed by atoms with Crippen LogP contribution in [0.1, 0.15) is 39.0 Å². The Hall–Kier alpha value is -0.770. The number of nitrogens with two attached hydrogens (primary N) is 1. The largest absolute Gasteiger partial charge is 0.370 e. The minimum atomic E-state index is 0.763. The first-order chi connectivity index (χ1) is 8.75. The fourth-order valence-electron chi connectivity index (χ4n) is 2.83. The van der Waals surface area contributed by atoms with Crippen molar-refractivity contribution in [3.63, 3.8) is 0 Å². The van der Waals surface area contributed by atoms with E-state index in [9.17, 15) is 0 Å². The third-order valence-corrected chi connectivity index (χ3v) is 4.25. The monoisotopic (exact) mass is 252 g/mol. The quantitative estimate of drug-likeness (QED) is 0.612. The van der Waals surface area contributed by atoms with E-state index < -0.39 is 0 Å². The molecule has 0 aromatic carbocycles. The van der Waals surface area contributed by atoms with E-state index in [2.05, 4.69) is 21.7 Å². The van der Waals surface area contributed by atoms with Crippen molar-refractivity contribution in [2.75, 3.05) is 39.3 Å². The Morgan fingerprint density at radius 2 is 1.78 bits per heavy atom. The molecule has 0 amide bonds. The van der Waals surface area contributed by atoms with Gasteiger partial charge in [0.05, 0.1) is 6.54 Å². The molecule has 18 heavy (non-hydrogen) atoms. The lowest BCUT2D eigenvalue weighted by Crippen LogP contribution is -2.43. The van der Waals surface area contributed by atoms with Gasteiger partial charge in [0.1, 0.15) is 0 Å². The van der Waals surface area contributed by atoms with Crippen LogP contribution in [0.3, 0.4) is 0 Å². The third kappa shape index (κ3) is 4.16. The predicted octanol–water partition coefficient (Wildman–Crippen LogP) is 1.52. The summed E-state index contributed by atoms with van der Waals surface area (Å²) >= 11 is 0. The van der Waals surface area contributed by atoms with Gasteiger partial charge >= 0.3 is 0 Å². The van der Waals surface area contributed by atoms with Crippen molar-refractivity contribution in [1.29, 1.82) is 0 Å². The van der Waals surface area contributed by atoms with Gasteiger partial charge in [-0.1, -0.05) is 13.3 Å². The summed E-state index contributed by atoms with van der Waals surface area (Å²) < 4.78 is 0. The highest BCUT2D eigenvalue weighted by molar-refractivity contribution is 5.78. The van der Waals surface area contributed by atoms with Crippen LogP contribution in [0, 0.1) is 5.92 Å². The molecule has 2 aliphatic rings. The molecular formula is C14H28N4. The second-order valence-electron chi connectivity index (χ2n) is 5.81. The molecule has 4 nitrogen and oxygen atoms in total. The number of nitrogens with zero attached hydrogens (tertiary/aromatic N) is 3. The van der Waals surface area contributed by atoms with Gasteiger partial charge in [-0.15, -0.1) is 0 Å². The van der Waals surface area contributed by atoms with Crippen molar-refractivity contribution >= 4 is 5.96 Å². The Bertz CT molecular complexity index is 263. The molecule has 0 atom stereocenters. The standard InChI is InChI=1S/C14H28N4/c1-13-5-10-18(11-6-13)14(15)16-7-12-17-8-3-2-4-9-17/h13H,2-12H2,1H3,(H2,15,16). The highest BCUT2D eigenvalue weighted by Crippen LogP contribution is 2.15. The molecule has 2 N–H and O–H groups in total. The van der Waals surface area contributed by atoms with Gasteiger partial charge in [0.25, 0.3) is 0 Å². The Kier molecular flexibility index (Phi) is 5.29. The van der Waals surface area contributed by atoms with Crippen molar-refractivity contribution in [2.45, 2.75) is 39.0 Å². The lowest BCUT2D eigenvalue weighted by atomic mass is 10.00. The highest BCUT2D eigenvalue weighted by Gasteiger charge is 2.17. The summed E-state index contributed by atoms with van der Waals surface area (Å²) in [7, 11) is 0. The molecule has 2 aliphatic heterocycles. The SMILES string of the molecule is CC1CCN(C(N)=NCCN2CCCCC2)CC1. The van der Waals surface area contributed by atoms with Crippen molar-refractivity contribution in [3.05, 3.63) is 0 Å². The van der Waals surface area contributed by atoms with Crippen LogP contribution in [0.4, 0.5) is 0 Å². The zero-order chi connectivity index (χ0) is 12.8. The highest BCUT2D eigenvalue weighted by atomic mass is 15.3. The van der Waals surface area contributed by atoms with Gasteiger partial charge in [-0.25, -0.2) is 0 Å². The zero-order valence-electron chi connectivity index (χ0n) is 11.8. The van der Waals surface area contributed by atoms with E-state index in [0.717, 1.165) is 38.1 Å². The average molecular weight is 252 g/mol. The first kappa shape index (κ1) is 13.7. The fourth-order valence-corrected chi connectivity index (χ4v) is 2.83. The van der Waals surface area contributed by atoms with E-state index in [4.69, 9.17) is 5.73 Å². The van der Waals surface area contributed by atoms with Crippen LogP contribution < -0.4 is 5.73 Å². The summed E-state index contributed by atoms with van der Waals surface area (Å²) in [6.45, 7) is 8.91. The molecule has 0 saturated carbocycles. The van der Waals surface area contributed by atoms with Gasteiger partial charge in [0.15, 0.2) is 5.96 Å². The van der Waals surface area contributed by atoms with E-state index >= 15 is 0 Å². The molecule has 0 radical (unpaired) electrons. The maximum atomic E-state index is 6.07. The van der Waals surface area contributed by atoms with Gasteiger partial charge in [-0.05, 0) is 44.7 Å². The van der Waals surface area contributed by atoms with E-state index in [1.54, 1.807) is 0 Å². The average Bonchev–Trinajstić information content (AvgIpc) is 2.40. The third-order valence-electron chi connectivity index (χ3n) is 4.25. The number of aliphatic imine (C=N–C) groups is 1. The van der Waals surface area contributed by atoms with Gasteiger partial charge in [0.2, 0.25) is 0 Å². The van der Waals surface area contributed by atoms with Gasteiger partial charge < -0.3 is 15.5 Å². The smallest absolute Gasteiger partial charge is 0.191 e. The molecule has 0 aromatic rings. The zero-order valence-corrected chi connectivity index (χ0v) is 11.8. The predicted molar refractivity (Wildman–Crippen MR) is 76.8 cm³/mol. The maximum Gasteiger partial charge on any atom is 0.191 e. The lowest BCUT2D eigenvalue weighted by Gasteiger charge is -2.31. The van der Waals surface area contributed by atoms with Crippen LogP contribution in [0.15, 0.2) is 4.99 Å². The molecule has 104 valence electrons. The molecule has 0 aromatic heterocycles. The van der Waals surface area contributed by atoms with Gasteiger partial charge in [-0.2, -0.15) is 0 Å². The lowest BCUT2D eigenvalue weighted by molar-refractivity contribution is 0.234. The van der Waals surface area contributed by atoms with E-state index in [1.807, 2.05) is 0 Å². The van der Waals surface area contributed by atoms with Gasteiger partial charge in [0, 0.05) is 19.6 Å². The van der Waals surface area contributed by atoms with Gasteiger partial charge in [-0.3, -0.25) is 4.99 Å². The second-order valence-corrected chi connectivity index (χ2v) is 5.81. The van der Waals surface area contributed by atoms with E-state index in [-0.39, 0.29) is 0 Å². The normalized spacial score (nSPS) is 24.5. The van der Waals surface area contributed by atoms with Crippen molar-refractivity contribution in [2.24, 2.45) is 16.6 Å². The molecule has 0 unspecified atom stereocenters. The first-order valence-electron chi connectivity index (χ1n) is 7.53. The van der Waals surface area contributed by atoms with E-state index in [0.29, 0.717) is 0 Å². The number of piperidine rings is 2. The van der Waals surface area contributed by atoms with E-state index in [1.165, 1.54) is 45.2 Å². The van der Waals surface area contributed by atoms with Crippen molar-refractivity contribution in [1.82, 2.24) is 9.80 Å². The van der Waals surface area contributed by atoms with Crippen molar-refractivity contribution in [3.8, 4) is 0 Å². The molecular weight excluding hydrogens is 224 g/mol. The summed E-state index contributed by atoms with van der Waals surface area (Å²) in [5, 5.41) is 0. The number of hydrogen-bond acceptors (Lipinski definition) is 2. The van der Waals surface area contributed by atoms with Crippen LogP contribution >= 0.6 is 0 Å². The summed E-state index contributed by atoms with van der Waals surface area (Å²) in [5.74, 6) is 1.61. The molecule has 2 heterocycles. The second kappa shape index (κ2) is 6.98. The number of hydrogen-bond donors (Lipinski definition) is 1. The van der Waals surface area contributed by atoms with Crippen molar-refractivity contribution < 1.29 is 0 Å². The number of guanidine groups is 1.